The average molecular weight is 603 g/mol. The van der Waals surface area contributed by atoms with E-state index in [-0.39, 0.29) is 11.9 Å². The number of guanidine groups is 1. The van der Waals surface area contributed by atoms with Crippen molar-refractivity contribution in [1.82, 2.24) is 14.5 Å². The summed E-state index contributed by atoms with van der Waals surface area (Å²) in [6.07, 6.45) is 5.20. The topological polar surface area (TPSA) is 76.5 Å². The summed E-state index contributed by atoms with van der Waals surface area (Å²) in [6.45, 7) is 0.381. The molecule has 6 nitrogen and oxygen atoms in total. The van der Waals surface area contributed by atoms with E-state index in [1.165, 1.54) is 4.90 Å². The highest BCUT2D eigenvalue weighted by atomic mass is 35.5. The summed E-state index contributed by atoms with van der Waals surface area (Å²) >= 11 is 19.0. The zero-order valence-electron chi connectivity index (χ0n) is 21.8. The molecule has 5 rings (SSSR count). The molecule has 1 aromatic heterocycles. The van der Waals surface area contributed by atoms with Crippen LogP contribution >= 0.6 is 34.8 Å². The summed E-state index contributed by atoms with van der Waals surface area (Å²) in [7, 11) is 0. The molecule has 0 aliphatic carbocycles. The van der Waals surface area contributed by atoms with Crippen LogP contribution in [0.15, 0.2) is 127 Å². The molecule has 5 aromatic rings. The molecule has 9 heteroatoms. The van der Waals surface area contributed by atoms with E-state index in [1.54, 1.807) is 48.9 Å². The Morgan fingerprint density at radius 3 is 2.02 bits per heavy atom. The number of nitrogens with zero attached hydrogens (tertiary/aromatic N) is 4. The first-order chi connectivity index (χ1) is 19.9. The number of carbonyl (C=O) groups excluding carboxylic acids is 1. The zero-order chi connectivity index (χ0) is 28.8. The SMILES string of the molecule is NC(=NC(Cn1ccnc1)c1ccc(Cl)cc1Cl)N(C(=O)c1ccc(Cl)cc1)C(c1ccccc1)c1ccccc1. The molecule has 0 spiro atoms. The number of halogens is 3. The summed E-state index contributed by atoms with van der Waals surface area (Å²) < 4.78 is 1.88. The number of imidazole rings is 1. The third-order valence-electron chi connectivity index (χ3n) is 6.60. The highest BCUT2D eigenvalue weighted by Crippen LogP contribution is 2.33. The fraction of sp³-hybridized carbons (Fsp3) is 0.0938. The zero-order valence-corrected chi connectivity index (χ0v) is 24.1. The lowest BCUT2D eigenvalue weighted by Crippen LogP contribution is -2.45. The normalized spacial score (nSPS) is 12.3. The highest BCUT2D eigenvalue weighted by Gasteiger charge is 2.31. The van der Waals surface area contributed by atoms with Crippen molar-refractivity contribution in [3.8, 4) is 0 Å². The third-order valence-corrected chi connectivity index (χ3v) is 7.41. The maximum atomic E-state index is 14.3. The van der Waals surface area contributed by atoms with Gasteiger partial charge in [0.05, 0.1) is 25.0 Å². The molecule has 0 aliphatic rings. The summed E-state index contributed by atoms with van der Waals surface area (Å²) in [6, 6.07) is 30.3. The van der Waals surface area contributed by atoms with Crippen LogP contribution in [0.4, 0.5) is 0 Å². The first-order valence-electron chi connectivity index (χ1n) is 12.8. The van der Waals surface area contributed by atoms with Crippen LogP contribution in [-0.4, -0.2) is 26.3 Å². The van der Waals surface area contributed by atoms with Crippen LogP contribution in [-0.2, 0) is 6.54 Å². The highest BCUT2D eigenvalue weighted by molar-refractivity contribution is 6.35. The molecule has 0 saturated carbocycles. The fourth-order valence-electron chi connectivity index (χ4n) is 4.64. The van der Waals surface area contributed by atoms with Crippen molar-refractivity contribution in [2.75, 3.05) is 0 Å². The van der Waals surface area contributed by atoms with Crippen molar-refractivity contribution in [2.45, 2.75) is 18.6 Å². The molecule has 1 atom stereocenters. The predicted molar refractivity (Wildman–Crippen MR) is 165 cm³/mol. The molecule has 1 amide bonds. The summed E-state index contributed by atoms with van der Waals surface area (Å²) in [5, 5.41) is 1.47. The van der Waals surface area contributed by atoms with Gasteiger partial charge in [0, 0.05) is 33.0 Å². The molecular weight excluding hydrogens is 577 g/mol. The van der Waals surface area contributed by atoms with E-state index in [9.17, 15) is 4.79 Å². The van der Waals surface area contributed by atoms with Gasteiger partial charge in [-0.25, -0.2) is 9.98 Å². The van der Waals surface area contributed by atoms with Gasteiger partial charge in [-0.2, -0.15) is 0 Å². The molecule has 0 saturated heterocycles. The number of aliphatic imine (C=N–C) groups is 1. The fourth-order valence-corrected chi connectivity index (χ4v) is 5.30. The Kier molecular flexibility index (Phi) is 9.04. The van der Waals surface area contributed by atoms with E-state index in [2.05, 4.69) is 4.98 Å². The number of amides is 1. The van der Waals surface area contributed by atoms with Crippen molar-refractivity contribution in [3.63, 3.8) is 0 Å². The van der Waals surface area contributed by atoms with E-state index < -0.39 is 12.1 Å². The van der Waals surface area contributed by atoms with Gasteiger partial charge in [-0.3, -0.25) is 9.69 Å². The number of hydrogen-bond acceptors (Lipinski definition) is 3. The van der Waals surface area contributed by atoms with Crippen LogP contribution in [0.3, 0.4) is 0 Å². The van der Waals surface area contributed by atoms with Gasteiger partial charge in [0.2, 0.25) is 0 Å². The summed E-state index contributed by atoms with van der Waals surface area (Å²) in [4.78, 5) is 24.9. The largest absolute Gasteiger partial charge is 0.369 e. The molecule has 0 radical (unpaired) electrons. The van der Waals surface area contributed by atoms with Gasteiger partial charge in [-0.1, -0.05) is 102 Å². The van der Waals surface area contributed by atoms with Gasteiger partial charge >= 0.3 is 0 Å². The maximum absolute atomic E-state index is 14.3. The number of nitrogens with two attached hydrogens (primary N) is 1. The second kappa shape index (κ2) is 13.0. The summed E-state index contributed by atoms with van der Waals surface area (Å²) in [5.41, 5.74) is 9.71. The van der Waals surface area contributed by atoms with E-state index >= 15 is 0 Å². The minimum atomic E-state index is -0.570. The lowest BCUT2D eigenvalue weighted by Gasteiger charge is -2.32. The minimum absolute atomic E-state index is 0.0267. The van der Waals surface area contributed by atoms with Crippen molar-refractivity contribution in [1.29, 1.82) is 0 Å². The van der Waals surface area contributed by atoms with E-state index in [0.717, 1.165) is 11.1 Å². The Labute approximate surface area is 253 Å². The van der Waals surface area contributed by atoms with Crippen molar-refractivity contribution >= 4 is 46.7 Å². The van der Waals surface area contributed by atoms with Crippen molar-refractivity contribution < 1.29 is 4.79 Å². The molecule has 1 heterocycles. The molecule has 1 unspecified atom stereocenters. The Morgan fingerprint density at radius 1 is 0.854 bits per heavy atom. The van der Waals surface area contributed by atoms with Gasteiger partial charge in [-0.05, 0) is 53.1 Å². The van der Waals surface area contributed by atoms with Crippen LogP contribution < -0.4 is 5.73 Å². The molecule has 4 aromatic carbocycles. The van der Waals surface area contributed by atoms with Gasteiger partial charge in [0.15, 0.2) is 5.96 Å². The van der Waals surface area contributed by atoms with Gasteiger partial charge in [0.25, 0.3) is 5.91 Å². The van der Waals surface area contributed by atoms with Gasteiger partial charge in [0.1, 0.15) is 0 Å². The molecule has 2 N–H and O–H groups in total. The minimum Gasteiger partial charge on any atom is -0.369 e. The lowest BCUT2D eigenvalue weighted by molar-refractivity contribution is 0.0815. The quantitative estimate of drug-likeness (QED) is 0.145. The number of rotatable bonds is 8. The molecule has 0 fully saturated rings. The predicted octanol–water partition coefficient (Wildman–Crippen LogP) is 7.83. The van der Waals surface area contributed by atoms with Crippen molar-refractivity contribution in [2.24, 2.45) is 10.7 Å². The standard InChI is InChI=1S/C32H26Cl3N5O/c33-25-13-11-24(12-14-25)31(41)40(30(22-7-3-1-4-8-22)23-9-5-2-6-10-23)32(36)38-29(20-39-18-17-37-21-39)27-16-15-26(34)19-28(27)35/h1-19,21,29-30H,20H2,(H2,36,38). The van der Waals surface area contributed by atoms with E-state index in [0.29, 0.717) is 32.7 Å². The number of aromatic nitrogens is 2. The summed E-state index contributed by atoms with van der Waals surface area (Å²) in [5.74, 6) is -0.303. The first kappa shape index (κ1) is 28.4. The lowest BCUT2D eigenvalue weighted by atomic mass is 9.96. The Balaban J connectivity index is 1.68. The molecule has 0 aliphatic heterocycles. The Morgan fingerprint density at radius 2 is 1.46 bits per heavy atom. The van der Waals surface area contributed by atoms with Gasteiger partial charge in [-0.15, -0.1) is 0 Å². The Hall–Kier alpha value is -4.10. The van der Waals surface area contributed by atoms with Crippen LogP contribution in [0.1, 0.15) is 39.1 Å². The number of carbonyl (C=O) groups is 1. The van der Waals surface area contributed by atoms with Crippen LogP contribution in [0.5, 0.6) is 0 Å². The van der Waals surface area contributed by atoms with Crippen LogP contribution in [0.2, 0.25) is 15.1 Å². The smallest absolute Gasteiger partial charge is 0.261 e. The third kappa shape index (κ3) is 6.80. The van der Waals surface area contributed by atoms with Crippen molar-refractivity contribution in [3.05, 3.63) is 159 Å². The Bertz CT molecular complexity index is 1590. The second-order valence-electron chi connectivity index (χ2n) is 9.33. The average Bonchev–Trinajstić information content (AvgIpc) is 3.50. The molecule has 0 bridgehead atoms. The molecular formula is C32H26Cl3N5O. The molecule has 41 heavy (non-hydrogen) atoms. The van der Waals surface area contributed by atoms with Crippen LogP contribution in [0, 0.1) is 0 Å². The van der Waals surface area contributed by atoms with Gasteiger partial charge < -0.3 is 10.3 Å². The number of benzene rings is 4. The van der Waals surface area contributed by atoms with E-state index in [4.69, 9.17) is 45.5 Å². The number of hydrogen-bond donors (Lipinski definition) is 1. The first-order valence-corrected chi connectivity index (χ1v) is 14.0. The van der Waals surface area contributed by atoms with Crippen LogP contribution in [0.25, 0.3) is 0 Å². The van der Waals surface area contributed by atoms with E-state index in [1.807, 2.05) is 77.5 Å². The maximum Gasteiger partial charge on any atom is 0.261 e. The second-order valence-corrected chi connectivity index (χ2v) is 10.6. The monoisotopic (exact) mass is 601 g/mol. The molecule has 206 valence electrons.